The Bertz CT molecular complexity index is 487. The van der Waals surface area contributed by atoms with E-state index >= 15 is 0 Å². The zero-order valence-corrected chi connectivity index (χ0v) is 11.6. The van der Waals surface area contributed by atoms with Gasteiger partial charge in [-0.15, -0.1) is 0 Å². The molecule has 0 saturated heterocycles. The van der Waals surface area contributed by atoms with Gasteiger partial charge in [-0.25, -0.2) is 0 Å². The van der Waals surface area contributed by atoms with E-state index in [1.807, 2.05) is 36.4 Å². The minimum atomic E-state index is -0.532. The van der Waals surface area contributed by atoms with E-state index in [0.29, 0.717) is 12.8 Å². The number of nitrogens with zero attached hydrogens (tertiary/aromatic N) is 1. The lowest BCUT2D eigenvalue weighted by Crippen LogP contribution is -2.24. The van der Waals surface area contributed by atoms with E-state index in [2.05, 4.69) is 46.3 Å². The second-order valence-electron chi connectivity index (χ2n) is 4.40. The maximum atomic E-state index is 9.41. The summed E-state index contributed by atoms with van der Waals surface area (Å²) in [6.45, 7) is 0. The highest BCUT2D eigenvalue weighted by Crippen LogP contribution is 2.27. The highest BCUT2D eigenvalue weighted by Gasteiger charge is 2.27. The summed E-state index contributed by atoms with van der Waals surface area (Å²) in [6, 6.07) is 22.6. The molecular weight excluding hydrogens is 286 g/mol. The summed E-state index contributed by atoms with van der Waals surface area (Å²) in [4.78, 5) is 0. The fourth-order valence-electron chi connectivity index (χ4n) is 1.98. The molecule has 0 bridgehead atoms. The lowest BCUT2D eigenvalue weighted by Gasteiger charge is -2.19. The molecule has 0 saturated carbocycles. The van der Waals surface area contributed by atoms with Gasteiger partial charge in [0.25, 0.3) is 0 Å². The van der Waals surface area contributed by atoms with Crippen LogP contribution in [0.3, 0.4) is 0 Å². The predicted molar refractivity (Wildman–Crippen MR) is 77.6 cm³/mol. The molecule has 2 aromatic carbocycles. The topological polar surface area (TPSA) is 23.8 Å². The Morgan fingerprint density at radius 3 is 1.56 bits per heavy atom. The van der Waals surface area contributed by atoms with E-state index in [1.165, 1.54) is 11.1 Å². The van der Waals surface area contributed by atoms with Crippen molar-refractivity contribution in [2.24, 2.45) is 0 Å². The lowest BCUT2D eigenvalue weighted by atomic mass is 9.93. The molecule has 0 atom stereocenters. The highest BCUT2D eigenvalue weighted by molar-refractivity contribution is 9.10. The van der Waals surface area contributed by atoms with Crippen molar-refractivity contribution in [3.63, 3.8) is 0 Å². The number of halogens is 1. The van der Waals surface area contributed by atoms with Gasteiger partial charge in [0.2, 0.25) is 0 Å². The van der Waals surface area contributed by atoms with Gasteiger partial charge in [-0.05, 0) is 11.1 Å². The van der Waals surface area contributed by atoms with Crippen LogP contribution in [0, 0.1) is 11.3 Å². The highest BCUT2D eigenvalue weighted by atomic mass is 79.9. The van der Waals surface area contributed by atoms with Crippen LogP contribution in [0.1, 0.15) is 11.1 Å². The van der Waals surface area contributed by atoms with Crippen LogP contribution >= 0.6 is 15.9 Å². The standard InChI is InChI=1S/C16H14BrN/c17-16(13-18,11-14-7-3-1-4-8-14)12-15-9-5-2-6-10-15/h1-10H,11-12H2. The molecule has 1 nitrogen and oxygen atoms in total. The van der Waals surface area contributed by atoms with Crippen LogP contribution in [0.15, 0.2) is 60.7 Å². The van der Waals surface area contributed by atoms with Gasteiger partial charge < -0.3 is 0 Å². The Morgan fingerprint density at radius 1 is 0.833 bits per heavy atom. The first kappa shape index (κ1) is 12.9. The molecular formula is C16H14BrN. The average Bonchev–Trinajstić information content (AvgIpc) is 2.41. The molecule has 0 amide bonds. The number of nitriles is 1. The van der Waals surface area contributed by atoms with Crippen LogP contribution in [0.2, 0.25) is 0 Å². The second-order valence-corrected chi connectivity index (χ2v) is 5.92. The maximum Gasteiger partial charge on any atom is 0.120 e. The SMILES string of the molecule is N#CC(Br)(Cc1ccccc1)Cc1ccccc1. The Kier molecular flexibility index (Phi) is 4.17. The van der Waals surface area contributed by atoms with Crippen LogP contribution in [0.4, 0.5) is 0 Å². The zero-order chi connectivity index (χ0) is 12.8. The number of alkyl halides is 1. The third-order valence-electron chi connectivity index (χ3n) is 2.85. The van der Waals surface area contributed by atoms with Gasteiger partial charge >= 0.3 is 0 Å². The molecule has 90 valence electrons. The number of rotatable bonds is 4. The largest absolute Gasteiger partial charge is 0.197 e. The first-order valence-corrected chi connectivity index (χ1v) is 6.69. The van der Waals surface area contributed by atoms with E-state index in [4.69, 9.17) is 0 Å². The summed E-state index contributed by atoms with van der Waals surface area (Å²) in [6.07, 6.45) is 1.42. The smallest absolute Gasteiger partial charge is 0.120 e. The van der Waals surface area contributed by atoms with Crippen molar-refractivity contribution in [2.75, 3.05) is 0 Å². The van der Waals surface area contributed by atoms with Gasteiger partial charge in [-0.1, -0.05) is 76.6 Å². The molecule has 0 unspecified atom stereocenters. The van der Waals surface area contributed by atoms with Crippen LogP contribution in [-0.4, -0.2) is 4.32 Å². The molecule has 0 radical (unpaired) electrons. The molecule has 18 heavy (non-hydrogen) atoms. The van der Waals surface area contributed by atoms with Crippen LogP contribution in [0.5, 0.6) is 0 Å². The Labute approximate surface area is 116 Å². The summed E-state index contributed by atoms with van der Waals surface area (Å²) >= 11 is 3.60. The fourth-order valence-corrected chi connectivity index (χ4v) is 2.63. The van der Waals surface area contributed by atoms with Crippen molar-refractivity contribution >= 4 is 15.9 Å². The van der Waals surface area contributed by atoms with Crippen LogP contribution < -0.4 is 0 Å². The second kappa shape index (κ2) is 5.84. The molecule has 2 heteroatoms. The maximum absolute atomic E-state index is 9.41. The molecule has 2 rings (SSSR count). The number of hydrogen-bond donors (Lipinski definition) is 0. The molecule has 0 aliphatic rings. The molecule has 0 aliphatic carbocycles. The fraction of sp³-hybridized carbons (Fsp3) is 0.188. The van der Waals surface area contributed by atoms with E-state index in [-0.39, 0.29) is 0 Å². The third-order valence-corrected chi connectivity index (χ3v) is 3.59. The molecule has 0 fully saturated rings. The normalized spacial score (nSPS) is 10.9. The minimum absolute atomic E-state index is 0.532. The summed E-state index contributed by atoms with van der Waals surface area (Å²) in [5, 5.41) is 9.41. The molecule has 0 aliphatic heterocycles. The minimum Gasteiger partial charge on any atom is -0.197 e. The quantitative estimate of drug-likeness (QED) is 0.779. The van der Waals surface area contributed by atoms with E-state index in [1.54, 1.807) is 0 Å². The van der Waals surface area contributed by atoms with Crippen molar-refractivity contribution in [2.45, 2.75) is 17.2 Å². The van der Waals surface area contributed by atoms with Gasteiger partial charge in [0.05, 0.1) is 6.07 Å². The monoisotopic (exact) mass is 299 g/mol. The van der Waals surface area contributed by atoms with Crippen LogP contribution in [0.25, 0.3) is 0 Å². The van der Waals surface area contributed by atoms with Gasteiger partial charge in [-0.2, -0.15) is 5.26 Å². The first-order valence-electron chi connectivity index (χ1n) is 5.90. The Hall–Kier alpha value is -1.59. The molecule has 0 spiro atoms. The van der Waals surface area contributed by atoms with Crippen molar-refractivity contribution in [3.8, 4) is 6.07 Å². The summed E-state index contributed by atoms with van der Waals surface area (Å²) in [7, 11) is 0. The summed E-state index contributed by atoms with van der Waals surface area (Å²) in [5.41, 5.74) is 2.35. The Balaban J connectivity index is 2.14. The van der Waals surface area contributed by atoms with E-state index in [9.17, 15) is 5.26 Å². The number of benzene rings is 2. The lowest BCUT2D eigenvalue weighted by molar-refractivity contribution is 0.728. The first-order chi connectivity index (χ1) is 8.72. The van der Waals surface area contributed by atoms with Gasteiger partial charge in [-0.3, -0.25) is 0 Å². The van der Waals surface area contributed by atoms with Crippen LogP contribution in [-0.2, 0) is 12.8 Å². The zero-order valence-electron chi connectivity index (χ0n) is 10.0. The third kappa shape index (κ3) is 3.45. The van der Waals surface area contributed by atoms with Gasteiger partial charge in [0, 0.05) is 12.8 Å². The summed E-state index contributed by atoms with van der Waals surface area (Å²) in [5.74, 6) is 0. The van der Waals surface area contributed by atoms with Crippen molar-refractivity contribution in [1.29, 1.82) is 5.26 Å². The molecule has 0 aromatic heterocycles. The van der Waals surface area contributed by atoms with Crippen molar-refractivity contribution in [3.05, 3.63) is 71.8 Å². The van der Waals surface area contributed by atoms with E-state index < -0.39 is 4.32 Å². The molecule has 2 aromatic rings. The molecule has 0 heterocycles. The predicted octanol–water partition coefficient (Wildman–Crippen LogP) is 4.13. The number of hydrogen-bond acceptors (Lipinski definition) is 1. The Morgan fingerprint density at radius 2 is 1.22 bits per heavy atom. The van der Waals surface area contributed by atoms with Crippen molar-refractivity contribution < 1.29 is 0 Å². The average molecular weight is 300 g/mol. The van der Waals surface area contributed by atoms with E-state index in [0.717, 1.165) is 0 Å². The summed E-state index contributed by atoms with van der Waals surface area (Å²) < 4.78 is -0.532. The van der Waals surface area contributed by atoms with Crippen molar-refractivity contribution in [1.82, 2.24) is 0 Å². The van der Waals surface area contributed by atoms with Gasteiger partial charge in [0.1, 0.15) is 4.32 Å². The van der Waals surface area contributed by atoms with Gasteiger partial charge in [0.15, 0.2) is 0 Å². The molecule has 0 N–H and O–H groups in total.